The Morgan fingerprint density at radius 1 is 1.29 bits per heavy atom. The quantitative estimate of drug-likeness (QED) is 0.563. The fourth-order valence-corrected chi connectivity index (χ4v) is 2.08. The molecule has 0 aliphatic rings. The Kier molecular flexibility index (Phi) is 3.13. The van der Waals surface area contributed by atoms with Gasteiger partial charge in [-0.05, 0) is 18.3 Å². The maximum absolute atomic E-state index is 12.8. The molecule has 3 aromatic rings. The van der Waals surface area contributed by atoms with Gasteiger partial charge in [-0.15, -0.1) is 5.10 Å². The van der Waals surface area contributed by atoms with E-state index in [1.165, 1.54) is 6.21 Å². The number of nitrogens with zero attached hydrogens (tertiary/aromatic N) is 3. The molecular weight excluding hydrogens is 303 g/mol. The van der Waals surface area contributed by atoms with Crippen molar-refractivity contribution in [3.05, 3.63) is 46.6 Å². The van der Waals surface area contributed by atoms with Crippen LogP contribution in [0.4, 0.5) is 13.2 Å². The molecule has 5 nitrogen and oxygen atoms in total. The van der Waals surface area contributed by atoms with E-state index >= 15 is 0 Å². The van der Waals surface area contributed by atoms with E-state index in [0.717, 1.165) is 10.9 Å². The third-order valence-corrected chi connectivity index (χ3v) is 3.10. The molecule has 21 heavy (non-hydrogen) atoms. The van der Waals surface area contributed by atoms with Crippen molar-refractivity contribution in [3.63, 3.8) is 0 Å². The average Bonchev–Trinajstić information content (AvgIpc) is 3.00. The highest BCUT2D eigenvalue weighted by molar-refractivity contribution is 7.71. The highest BCUT2D eigenvalue weighted by Gasteiger charge is 2.37. The van der Waals surface area contributed by atoms with Crippen LogP contribution in [0.3, 0.4) is 0 Å². The van der Waals surface area contributed by atoms with Gasteiger partial charge in [-0.1, -0.05) is 18.2 Å². The average molecular weight is 311 g/mol. The van der Waals surface area contributed by atoms with Crippen LogP contribution in [0.2, 0.25) is 0 Å². The predicted molar refractivity (Wildman–Crippen MR) is 73.7 cm³/mol. The summed E-state index contributed by atoms with van der Waals surface area (Å²) >= 11 is 4.76. The van der Waals surface area contributed by atoms with Crippen LogP contribution in [0.1, 0.15) is 11.4 Å². The zero-order valence-electron chi connectivity index (χ0n) is 10.3. The first-order valence-corrected chi connectivity index (χ1v) is 6.23. The molecule has 0 radical (unpaired) electrons. The van der Waals surface area contributed by atoms with Crippen molar-refractivity contribution in [1.29, 1.82) is 0 Å². The molecule has 108 valence electrons. The number of H-pyrrole nitrogens is 2. The summed E-state index contributed by atoms with van der Waals surface area (Å²) in [5.74, 6) is -1.19. The Hall–Kier alpha value is -2.42. The number of para-hydroxylation sites is 1. The van der Waals surface area contributed by atoms with Crippen LogP contribution in [-0.2, 0) is 6.18 Å². The maximum Gasteiger partial charge on any atom is 0.453 e. The van der Waals surface area contributed by atoms with Gasteiger partial charge in [-0.3, -0.25) is 0 Å². The lowest BCUT2D eigenvalue weighted by atomic mass is 10.2. The molecule has 0 aliphatic carbocycles. The standard InChI is InChI=1S/C12H8F3N5S/c13-12(14,15)10-18-19-11(21)20(10)17-6-7-5-16-9-4-2-1-3-8(7)9/h1-6,16H,(H,19,21). The van der Waals surface area contributed by atoms with Crippen LogP contribution in [0.5, 0.6) is 0 Å². The second-order valence-electron chi connectivity index (χ2n) is 4.20. The number of fused-ring (bicyclic) bond motifs is 1. The van der Waals surface area contributed by atoms with Gasteiger partial charge in [-0.2, -0.15) is 22.9 Å². The van der Waals surface area contributed by atoms with Gasteiger partial charge in [0.15, 0.2) is 0 Å². The highest BCUT2D eigenvalue weighted by Crippen LogP contribution is 2.27. The molecule has 2 heterocycles. The molecule has 0 fully saturated rings. The van der Waals surface area contributed by atoms with Crippen LogP contribution in [0, 0.1) is 4.77 Å². The Balaban J connectivity index is 2.05. The number of aromatic amines is 2. The molecule has 0 amide bonds. The topological polar surface area (TPSA) is 61.8 Å². The summed E-state index contributed by atoms with van der Waals surface area (Å²) in [7, 11) is 0. The van der Waals surface area contributed by atoms with Crippen molar-refractivity contribution in [2.45, 2.75) is 6.18 Å². The van der Waals surface area contributed by atoms with Gasteiger partial charge in [-0.25, -0.2) is 5.10 Å². The minimum Gasteiger partial charge on any atom is -0.361 e. The first-order chi connectivity index (χ1) is 9.97. The maximum atomic E-state index is 12.8. The van der Waals surface area contributed by atoms with E-state index < -0.39 is 12.0 Å². The smallest absolute Gasteiger partial charge is 0.361 e. The normalized spacial score (nSPS) is 12.5. The molecule has 0 atom stereocenters. The molecule has 0 spiro atoms. The van der Waals surface area contributed by atoms with Crippen molar-refractivity contribution in [2.24, 2.45) is 5.10 Å². The van der Waals surface area contributed by atoms with Crippen LogP contribution in [0.25, 0.3) is 10.9 Å². The summed E-state index contributed by atoms with van der Waals surface area (Å²) in [6.45, 7) is 0. The van der Waals surface area contributed by atoms with Crippen molar-refractivity contribution in [2.75, 3.05) is 0 Å². The third-order valence-electron chi connectivity index (χ3n) is 2.84. The van der Waals surface area contributed by atoms with Crippen LogP contribution in [0.15, 0.2) is 35.6 Å². The Morgan fingerprint density at radius 2 is 2.05 bits per heavy atom. The fraction of sp³-hybridized carbons (Fsp3) is 0.0833. The molecule has 2 N–H and O–H groups in total. The molecule has 0 saturated heterocycles. The molecular formula is C12H8F3N5S. The summed E-state index contributed by atoms with van der Waals surface area (Å²) in [5, 5.41) is 9.86. The minimum atomic E-state index is -4.63. The summed E-state index contributed by atoms with van der Waals surface area (Å²) in [5.41, 5.74) is 1.52. The largest absolute Gasteiger partial charge is 0.453 e. The van der Waals surface area contributed by atoms with Crippen molar-refractivity contribution < 1.29 is 13.2 Å². The molecule has 2 aromatic heterocycles. The second-order valence-corrected chi connectivity index (χ2v) is 4.58. The number of hydrogen-bond donors (Lipinski definition) is 2. The predicted octanol–water partition coefficient (Wildman–Crippen LogP) is 3.32. The lowest BCUT2D eigenvalue weighted by Crippen LogP contribution is -2.12. The zero-order chi connectivity index (χ0) is 15.0. The van der Waals surface area contributed by atoms with E-state index in [1.54, 1.807) is 6.20 Å². The van der Waals surface area contributed by atoms with Gasteiger partial charge >= 0.3 is 6.18 Å². The Morgan fingerprint density at radius 3 is 2.81 bits per heavy atom. The van der Waals surface area contributed by atoms with Gasteiger partial charge < -0.3 is 4.98 Å². The molecule has 0 saturated carbocycles. The van der Waals surface area contributed by atoms with E-state index in [0.29, 0.717) is 10.2 Å². The number of benzene rings is 1. The number of alkyl halides is 3. The van der Waals surface area contributed by atoms with Crippen molar-refractivity contribution in [3.8, 4) is 0 Å². The van der Waals surface area contributed by atoms with Crippen LogP contribution >= 0.6 is 12.2 Å². The van der Waals surface area contributed by atoms with Gasteiger partial charge in [0, 0.05) is 22.7 Å². The molecule has 0 bridgehead atoms. The summed E-state index contributed by atoms with van der Waals surface area (Å²) in [4.78, 5) is 3.01. The summed E-state index contributed by atoms with van der Waals surface area (Å²) in [6.07, 6.45) is -1.67. The molecule has 0 unspecified atom stereocenters. The van der Waals surface area contributed by atoms with Gasteiger partial charge in [0.05, 0.1) is 6.21 Å². The van der Waals surface area contributed by atoms with Gasteiger partial charge in [0.1, 0.15) is 0 Å². The van der Waals surface area contributed by atoms with E-state index in [2.05, 4.69) is 20.3 Å². The van der Waals surface area contributed by atoms with E-state index in [-0.39, 0.29) is 4.77 Å². The first-order valence-electron chi connectivity index (χ1n) is 5.82. The van der Waals surface area contributed by atoms with Crippen LogP contribution in [-0.4, -0.2) is 26.1 Å². The molecule has 3 rings (SSSR count). The fourth-order valence-electron chi connectivity index (χ4n) is 1.90. The third kappa shape index (κ3) is 2.47. The number of rotatable bonds is 2. The van der Waals surface area contributed by atoms with Crippen LogP contribution < -0.4 is 0 Å². The Labute approximate surface area is 121 Å². The van der Waals surface area contributed by atoms with Gasteiger partial charge in [0.2, 0.25) is 4.77 Å². The number of aromatic nitrogens is 4. The minimum absolute atomic E-state index is 0.224. The number of hydrogen-bond acceptors (Lipinski definition) is 3. The lowest BCUT2D eigenvalue weighted by Gasteiger charge is -2.03. The van der Waals surface area contributed by atoms with E-state index in [4.69, 9.17) is 12.2 Å². The highest BCUT2D eigenvalue weighted by atomic mass is 32.1. The van der Waals surface area contributed by atoms with Gasteiger partial charge in [0.25, 0.3) is 5.82 Å². The molecule has 1 aromatic carbocycles. The zero-order valence-corrected chi connectivity index (χ0v) is 11.2. The van der Waals surface area contributed by atoms with Crippen molar-refractivity contribution >= 4 is 29.3 Å². The molecule has 0 aliphatic heterocycles. The molecule has 9 heteroatoms. The Bertz CT molecular complexity index is 871. The number of nitrogens with one attached hydrogen (secondary N) is 2. The lowest BCUT2D eigenvalue weighted by molar-refractivity contribution is -0.147. The summed E-state index contributed by atoms with van der Waals surface area (Å²) < 4.78 is 38.6. The van der Waals surface area contributed by atoms with E-state index in [9.17, 15) is 13.2 Å². The first kappa shape index (κ1) is 13.6. The number of halogens is 3. The SMILES string of the molecule is FC(F)(F)c1n[nH]c(=S)n1N=Cc1c[nH]c2ccccc12. The van der Waals surface area contributed by atoms with Crippen molar-refractivity contribution in [1.82, 2.24) is 19.9 Å². The second kappa shape index (κ2) is 4.85. The summed E-state index contributed by atoms with van der Waals surface area (Å²) in [6, 6.07) is 7.38. The monoisotopic (exact) mass is 311 g/mol. The van der Waals surface area contributed by atoms with E-state index in [1.807, 2.05) is 24.3 Å².